The summed E-state index contributed by atoms with van der Waals surface area (Å²) < 4.78 is 0. The van der Waals surface area contributed by atoms with E-state index in [1.54, 1.807) is 0 Å². The van der Waals surface area contributed by atoms with Crippen molar-refractivity contribution in [3.63, 3.8) is 0 Å². The molecule has 2 aromatic rings. The lowest BCUT2D eigenvalue weighted by atomic mass is 10.0. The van der Waals surface area contributed by atoms with Gasteiger partial charge in [0.1, 0.15) is 5.82 Å². The summed E-state index contributed by atoms with van der Waals surface area (Å²) in [5.74, 6) is 0.846. The summed E-state index contributed by atoms with van der Waals surface area (Å²) in [6, 6.07) is 12.3. The van der Waals surface area contributed by atoms with Gasteiger partial charge in [0.15, 0.2) is 5.78 Å². The van der Waals surface area contributed by atoms with Gasteiger partial charge in [-0.15, -0.1) is 0 Å². The van der Waals surface area contributed by atoms with Crippen LogP contribution in [-0.4, -0.2) is 36.9 Å². The summed E-state index contributed by atoms with van der Waals surface area (Å²) in [4.78, 5) is 19.4. The lowest BCUT2D eigenvalue weighted by molar-refractivity contribution is -0.115. The van der Waals surface area contributed by atoms with Crippen molar-refractivity contribution in [3.8, 4) is 0 Å². The van der Waals surface area contributed by atoms with E-state index >= 15 is 0 Å². The highest BCUT2D eigenvalue weighted by Gasteiger charge is 2.18. The molecule has 134 valence electrons. The number of anilines is 2. The average Bonchev–Trinajstić information content (AvgIpc) is 2.81. The van der Waals surface area contributed by atoms with Gasteiger partial charge in [0.25, 0.3) is 0 Å². The van der Waals surface area contributed by atoms with Gasteiger partial charge in [-0.05, 0) is 54.8 Å². The van der Waals surface area contributed by atoms with E-state index in [0.29, 0.717) is 17.9 Å². The van der Waals surface area contributed by atoms with Gasteiger partial charge in [0.05, 0.1) is 5.70 Å². The van der Waals surface area contributed by atoms with Crippen molar-refractivity contribution in [1.82, 2.24) is 10.3 Å². The number of allylic oxidation sites excluding steroid dienone is 1. The number of hydrogen-bond acceptors (Lipinski definition) is 5. The monoisotopic (exact) mass is 348 g/mol. The molecule has 1 aromatic heterocycles. The second-order valence-electron chi connectivity index (χ2n) is 6.89. The zero-order valence-electron chi connectivity index (χ0n) is 15.1. The fourth-order valence-electron chi connectivity index (χ4n) is 3.54. The molecule has 0 atom stereocenters. The smallest absolute Gasteiger partial charge is 0.179 e. The van der Waals surface area contributed by atoms with Gasteiger partial charge in [0, 0.05) is 44.0 Å². The number of hydrogen-bond donors (Lipinski definition) is 2. The Morgan fingerprint density at radius 1 is 1.12 bits per heavy atom. The van der Waals surface area contributed by atoms with Crippen LogP contribution in [0.1, 0.15) is 23.2 Å². The summed E-state index contributed by atoms with van der Waals surface area (Å²) in [7, 11) is 0. The van der Waals surface area contributed by atoms with E-state index in [-0.39, 0.29) is 5.78 Å². The van der Waals surface area contributed by atoms with Gasteiger partial charge in [-0.3, -0.25) is 4.79 Å². The number of fused-ring (bicyclic) bond motifs is 1. The third-order valence-electron chi connectivity index (χ3n) is 4.98. The largest absolute Gasteiger partial charge is 0.369 e. The van der Waals surface area contributed by atoms with Gasteiger partial charge in [-0.2, -0.15) is 0 Å². The molecule has 2 N–H and O–H groups in total. The molecule has 0 spiro atoms. The van der Waals surface area contributed by atoms with E-state index in [1.807, 2.05) is 31.2 Å². The Kier molecular flexibility index (Phi) is 4.71. The molecule has 1 aliphatic heterocycles. The van der Waals surface area contributed by atoms with Crippen LogP contribution < -0.4 is 15.5 Å². The van der Waals surface area contributed by atoms with Crippen LogP contribution >= 0.6 is 0 Å². The van der Waals surface area contributed by atoms with Gasteiger partial charge >= 0.3 is 0 Å². The molecule has 26 heavy (non-hydrogen) atoms. The van der Waals surface area contributed by atoms with Gasteiger partial charge in [-0.1, -0.05) is 12.1 Å². The molecular formula is C21H24N4O. The molecule has 5 heteroatoms. The van der Waals surface area contributed by atoms with Crippen molar-refractivity contribution < 1.29 is 4.79 Å². The number of nitrogens with zero attached hydrogens (tertiary/aromatic N) is 2. The summed E-state index contributed by atoms with van der Waals surface area (Å²) in [5.41, 5.74) is 5.16. The van der Waals surface area contributed by atoms with E-state index < -0.39 is 0 Å². The number of ketones is 1. The fraction of sp³-hybridized carbons (Fsp3) is 0.333. The summed E-state index contributed by atoms with van der Waals surface area (Å²) in [6.45, 7) is 6.04. The first kappa shape index (κ1) is 16.8. The van der Waals surface area contributed by atoms with Crippen molar-refractivity contribution in [3.05, 3.63) is 58.9 Å². The standard InChI is InChI=1S/C21H24N4O/c1-15-3-2-4-21(23-15)24-19-14-17-5-7-18(25-11-9-22-10-12-25)13-16(17)6-8-20(19)26/h2-5,7,13-14,22H,6,8-12H2,1H3,(H,23,24). The Morgan fingerprint density at radius 3 is 2.77 bits per heavy atom. The zero-order valence-corrected chi connectivity index (χ0v) is 15.1. The average molecular weight is 348 g/mol. The maximum atomic E-state index is 12.6. The first-order valence-electron chi connectivity index (χ1n) is 9.23. The molecule has 1 aliphatic carbocycles. The van der Waals surface area contributed by atoms with Crippen LogP contribution in [0.2, 0.25) is 0 Å². The molecule has 1 fully saturated rings. The number of aromatic nitrogens is 1. The number of Topliss-reactive ketones (excluding diaryl/α,β-unsaturated/α-hetero) is 1. The second kappa shape index (κ2) is 7.30. The number of nitrogens with one attached hydrogen (secondary N) is 2. The summed E-state index contributed by atoms with van der Waals surface area (Å²) in [6.07, 6.45) is 3.26. The molecular weight excluding hydrogens is 324 g/mol. The number of pyridine rings is 1. The predicted molar refractivity (Wildman–Crippen MR) is 105 cm³/mol. The van der Waals surface area contributed by atoms with E-state index in [2.05, 4.69) is 38.7 Å². The third kappa shape index (κ3) is 3.63. The highest BCUT2D eigenvalue weighted by Crippen LogP contribution is 2.27. The summed E-state index contributed by atoms with van der Waals surface area (Å²) >= 11 is 0. The molecule has 0 saturated carbocycles. The first-order valence-corrected chi connectivity index (χ1v) is 9.23. The number of carbonyl (C=O) groups is 1. The van der Waals surface area contributed by atoms with Crippen molar-refractivity contribution in [2.45, 2.75) is 19.8 Å². The quantitative estimate of drug-likeness (QED) is 0.893. The van der Waals surface area contributed by atoms with Crippen LogP contribution in [0.3, 0.4) is 0 Å². The molecule has 2 heterocycles. The molecule has 5 nitrogen and oxygen atoms in total. The SMILES string of the molecule is Cc1cccc(NC2=Cc3ccc(N4CCNCC4)cc3CCC2=O)n1. The lowest BCUT2D eigenvalue weighted by Gasteiger charge is -2.30. The minimum atomic E-state index is 0.133. The fourth-order valence-corrected chi connectivity index (χ4v) is 3.54. The molecule has 1 aromatic carbocycles. The number of benzene rings is 1. The van der Waals surface area contributed by atoms with Crippen LogP contribution in [0.25, 0.3) is 6.08 Å². The topological polar surface area (TPSA) is 57.3 Å². The van der Waals surface area contributed by atoms with Crippen molar-refractivity contribution in [2.75, 3.05) is 36.4 Å². The van der Waals surface area contributed by atoms with E-state index in [0.717, 1.165) is 43.9 Å². The van der Waals surface area contributed by atoms with Crippen LogP contribution in [0, 0.1) is 6.92 Å². The minimum Gasteiger partial charge on any atom is -0.369 e. The Bertz CT molecular complexity index is 853. The van der Waals surface area contributed by atoms with E-state index in [4.69, 9.17) is 0 Å². The maximum absolute atomic E-state index is 12.6. The molecule has 2 aliphatic rings. The Balaban J connectivity index is 1.61. The zero-order chi connectivity index (χ0) is 17.9. The summed E-state index contributed by atoms with van der Waals surface area (Å²) in [5, 5.41) is 6.60. The maximum Gasteiger partial charge on any atom is 0.179 e. The number of piperazine rings is 1. The Labute approximate surface area is 154 Å². The van der Waals surface area contributed by atoms with Gasteiger partial charge in [-0.25, -0.2) is 4.98 Å². The molecule has 4 rings (SSSR count). The number of carbonyl (C=O) groups excluding carboxylic acids is 1. The highest BCUT2D eigenvalue weighted by molar-refractivity contribution is 6.03. The number of rotatable bonds is 3. The lowest BCUT2D eigenvalue weighted by Crippen LogP contribution is -2.43. The molecule has 0 unspecified atom stereocenters. The Hall–Kier alpha value is -2.66. The first-order chi connectivity index (χ1) is 12.7. The van der Waals surface area contributed by atoms with Crippen LogP contribution in [0.15, 0.2) is 42.1 Å². The minimum absolute atomic E-state index is 0.133. The van der Waals surface area contributed by atoms with Crippen LogP contribution in [0.4, 0.5) is 11.5 Å². The predicted octanol–water partition coefficient (Wildman–Crippen LogP) is 2.77. The molecule has 0 bridgehead atoms. The third-order valence-corrected chi connectivity index (χ3v) is 4.98. The van der Waals surface area contributed by atoms with E-state index in [9.17, 15) is 4.79 Å². The molecule has 0 amide bonds. The normalized spacial score (nSPS) is 17.3. The van der Waals surface area contributed by atoms with Gasteiger partial charge < -0.3 is 15.5 Å². The highest BCUT2D eigenvalue weighted by atomic mass is 16.1. The van der Waals surface area contributed by atoms with Crippen molar-refractivity contribution in [1.29, 1.82) is 0 Å². The second-order valence-corrected chi connectivity index (χ2v) is 6.89. The van der Waals surface area contributed by atoms with Crippen LogP contribution in [-0.2, 0) is 11.2 Å². The van der Waals surface area contributed by atoms with Gasteiger partial charge in [0.2, 0.25) is 0 Å². The van der Waals surface area contributed by atoms with E-state index in [1.165, 1.54) is 11.3 Å². The molecule has 0 radical (unpaired) electrons. The molecule has 1 saturated heterocycles. The Morgan fingerprint density at radius 2 is 1.96 bits per heavy atom. The van der Waals surface area contributed by atoms with Crippen LogP contribution in [0.5, 0.6) is 0 Å². The van der Waals surface area contributed by atoms with Crippen molar-refractivity contribution in [2.24, 2.45) is 0 Å². The number of aryl methyl sites for hydroxylation is 2. The van der Waals surface area contributed by atoms with Crippen molar-refractivity contribution >= 4 is 23.4 Å².